The van der Waals surface area contributed by atoms with E-state index < -0.39 is 9.96 Å². The third kappa shape index (κ3) is 4.94. The van der Waals surface area contributed by atoms with Crippen LogP contribution in [-0.4, -0.2) is 23.0 Å². The molecule has 0 saturated carbocycles. The fraction of sp³-hybridized carbons (Fsp3) is 0.235. The molecular formula is C17H17Cl3N2O2. The summed E-state index contributed by atoms with van der Waals surface area (Å²) in [4.78, 5) is 12.4. The normalized spacial score (nSPS) is 12.4. The van der Waals surface area contributed by atoms with Crippen molar-refractivity contribution < 1.29 is 9.53 Å². The molecule has 0 aromatic heterocycles. The van der Waals surface area contributed by atoms with Crippen LogP contribution in [0.5, 0.6) is 5.75 Å². The van der Waals surface area contributed by atoms with E-state index in [9.17, 15) is 4.79 Å². The number of hydrogen-bond acceptors (Lipinski definition) is 3. The van der Waals surface area contributed by atoms with Crippen LogP contribution in [0.4, 0.5) is 5.69 Å². The highest BCUT2D eigenvalue weighted by Gasteiger charge is 2.34. The highest BCUT2D eigenvalue weighted by molar-refractivity contribution is 6.68. The molecule has 0 radical (unpaired) electrons. The molecule has 2 aromatic rings. The second-order valence-electron chi connectivity index (χ2n) is 5.14. The number of hydrogen-bond donors (Lipinski definition) is 2. The Balaban J connectivity index is 2.16. The molecule has 0 aliphatic carbocycles. The first kappa shape index (κ1) is 18.7. The summed E-state index contributed by atoms with van der Waals surface area (Å²) in [6.45, 7) is 1.92. The molecule has 0 heterocycles. The van der Waals surface area contributed by atoms with Gasteiger partial charge in [-0.3, -0.25) is 4.79 Å². The van der Waals surface area contributed by atoms with Crippen molar-refractivity contribution in [3.05, 3.63) is 59.7 Å². The molecule has 128 valence electrons. The standard InChI is InChI=1S/C17H17Cl3N2O2/c1-11-5-3-4-6-14(11)21-16(17(18,19)20)22-15(23)12-7-9-13(24-2)10-8-12/h3-10,16,21H,1-2H3,(H,22,23). The summed E-state index contributed by atoms with van der Waals surface area (Å²) in [7, 11) is 1.56. The van der Waals surface area contributed by atoms with E-state index in [1.54, 1.807) is 31.4 Å². The second-order valence-corrected chi connectivity index (χ2v) is 7.50. The Morgan fingerprint density at radius 1 is 1.08 bits per heavy atom. The number of rotatable bonds is 5. The van der Waals surface area contributed by atoms with Crippen molar-refractivity contribution in [2.75, 3.05) is 12.4 Å². The molecule has 0 aliphatic rings. The van der Waals surface area contributed by atoms with Gasteiger partial charge in [0.1, 0.15) is 11.9 Å². The lowest BCUT2D eigenvalue weighted by molar-refractivity contribution is 0.0942. The van der Waals surface area contributed by atoms with Gasteiger partial charge in [-0.25, -0.2) is 0 Å². The van der Waals surface area contributed by atoms with E-state index in [-0.39, 0.29) is 5.91 Å². The summed E-state index contributed by atoms with van der Waals surface area (Å²) in [5.74, 6) is 0.289. The van der Waals surface area contributed by atoms with Crippen molar-refractivity contribution in [3.63, 3.8) is 0 Å². The number of nitrogens with one attached hydrogen (secondary N) is 2. The van der Waals surface area contributed by atoms with Gasteiger partial charge in [-0.1, -0.05) is 53.0 Å². The van der Waals surface area contributed by atoms with Gasteiger partial charge in [-0.05, 0) is 42.8 Å². The van der Waals surface area contributed by atoms with E-state index in [2.05, 4.69) is 10.6 Å². The fourth-order valence-corrected chi connectivity index (χ4v) is 2.37. The lowest BCUT2D eigenvalue weighted by Crippen LogP contribution is -2.49. The predicted molar refractivity (Wildman–Crippen MR) is 99.3 cm³/mol. The topological polar surface area (TPSA) is 50.4 Å². The van der Waals surface area contributed by atoms with Crippen LogP contribution >= 0.6 is 34.8 Å². The number of aryl methyl sites for hydroxylation is 1. The third-order valence-corrected chi connectivity index (χ3v) is 4.05. The van der Waals surface area contributed by atoms with E-state index in [1.807, 2.05) is 31.2 Å². The summed E-state index contributed by atoms with van der Waals surface area (Å²) >= 11 is 18.0. The molecule has 2 N–H and O–H groups in total. The zero-order valence-electron chi connectivity index (χ0n) is 13.1. The molecule has 0 aliphatic heterocycles. The van der Waals surface area contributed by atoms with Gasteiger partial charge >= 0.3 is 0 Å². The number of anilines is 1. The number of amides is 1. The first-order valence-corrected chi connectivity index (χ1v) is 8.28. The first-order chi connectivity index (χ1) is 11.3. The quantitative estimate of drug-likeness (QED) is 0.585. The van der Waals surface area contributed by atoms with Crippen molar-refractivity contribution in [2.24, 2.45) is 0 Å². The average Bonchev–Trinajstić information content (AvgIpc) is 2.55. The van der Waals surface area contributed by atoms with Gasteiger partial charge in [0.15, 0.2) is 0 Å². The molecule has 1 unspecified atom stereocenters. The number of halogens is 3. The number of para-hydroxylation sites is 1. The van der Waals surface area contributed by atoms with E-state index in [0.717, 1.165) is 11.3 Å². The summed E-state index contributed by atoms with van der Waals surface area (Å²) in [6, 6.07) is 14.2. The van der Waals surface area contributed by atoms with E-state index in [4.69, 9.17) is 39.5 Å². The van der Waals surface area contributed by atoms with Crippen molar-refractivity contribution in [2.45, 2.75) is 16.9 Å². The number of alkyl halides is 3. The van der Waals surface area contributed by atoms with Gasteiger partial charge in [0.2, 0.25) is 3.79 Å². The molecule has 0 fully saturated rings. The number of ether oxygens (including phenoxy) is 1. The first-order valence-electron chi connectivity index (χ1n) is 7.15. The lowest BCUT2D eigenvalue weighted by atomic mass is 10.2. The maximum atomic E-state index is 12.4. The van der Waals surface area contributed by atoms with Crippen LogP contribution in [0.3, 0.4) is 0 Å². The summed E-state index contributed by atoms with van der Waals surface area (Å²) in [5.41, 5.74) is 2.17. The molecule has 2 rings (SSSR count). The highest BCUT2D eigenvalue weighted by atomic mass is 35.6. The number of carbonyl (C=O) groups is 1. The van der Waals surface area contributed by atoms with Crippen LogP contribution in [0.2, 0.25) is 0 Å². The molecule has 0 spiro atoms. The Hall–Kier alpha value is -1.62. The number of carbonyl (C=O) groups excluding carboxylic acids is 1. The molecule has 1 amide bonds. The van der Waals surface area contributed by atoms with Crippen LogP contribution < -0.4 is 15.4 Å². The molecule has 0 saturated heterocycles. The monoisotopic (exact) mass is 386 g/mol. The Labute approximate surface area is 156 Å². The highest BCUT2D eigenvalue weighted by Crippen LogP contribution is 2.32. The van der Waals surface area contributed by atoms with E-state index >= 15 is 0 Å². The van der Waals surface area contributed by atoms with E-state index in [0.29, 0.717) is 11.3 Å². The van der Waals surface area contributed by atoms with Crippen LogP contribution in [-0.2, 0) is 0 Å². The van der Waals surface area contributed by atoms with Gasteiger partial charge in [-0.2, -0.15) is 0 Å². The molecule has 4 nitrogen and oxygen atoms in total. The molecule has 24 heavy (non-hydrogen) atoms. The minimum atomic E-state index is -1.73. The van der Waals surface area contributed by atoms with Gasteiger partial charge in [0.05, 0.1) is 7.11 Å². The van der Waals surface area contributed by atoms with Gasteiger partial charge in [0.25, 0.3) is 5.91 Å². The SMILES string of the molecule is COc1ccc(C(=O)NC(Nc2ccccc2C)C(Cl)(Cl)Cl)cc1. The van der Waals surface area contributed by atoms with Gasteiger partial charge < -0.3 is 15.4 Å². The largest absolute Gasteiger partial charge is 0.497 e. The number of methoxy groups -OCH3 is 1. The minimum Gasteiger partial charge on any atom is -0.497 e. The summed E-state index contributed by atoms with van der Waals surface area (Å²) in [6.07, 6.45) is -0.904. The predicted octanol–water partition coefficient (Wildman–Crippen LogP) is 4.54. The van der Waals surface area contributed by atoms with Crippen molar-refractivity contribution in [3.8, 4) is 5.75 Å². The van der Waals surface area contributed by atoms with Crippen LogP contribution in [0, 0.1) is 6.92 Å². The molecule has 0 bridgehead atoms. The Morgan fingerprint density at radius 2 is 1.71 bits per heavy atom. The fourth-order valence-electron chi connectivity index (χ4n) is 2.05. The van der Waals surface area contributed by atoms with Gasteiger partial charge in [-0.15, -0.1) is 0 Å². The summed E-state index contributed by atoms with van der Waals surface area (Å²) < 4.78 is 3.34. The molecule has 2 aromatic carbocycles. The van der Waals surface area contributed by atoms with Crippen LogP contribution in [0.1, 0.15) is 15.9 Å². The Bertz CT molecular complexity index is 700. The van der Waals surface area contributed by atoms with Crippen molar-refractivity contribution in [1.82, 2.24) is 5.32 Å². The Kier molecular flexibility index (Phi) is 6.21. The van der Waals surface area contributed by atoms with Gasteiger partial charge in [0, 0.05) is 11.3 Å². The maximum Gasteiger partial charge on any atom is 0.252 e. The zero-order chi connectivity index (χ0) is 17.7. The molecular weight excluding hydrogens is 371 g/mol. The van der Waals surface area contributed by atoms with Crippen LogP contribution in [0.25, 0.3) is 0 Å². The van der Waals surface area contributed by atoms with Crippen LogP contribution in [0.15, 0.2) is 48.5 Å². The van der Waals surface area contributed by atoms with E-state index in [1.165, 1.54) is 0 Å². The van der Waals surface area contributed by atoms with Crippen molar-refractivity contribution >= 4 is 46.4 Å². The second kappa shape index (κ2) is 7.97. The zero-order valence-corrected chi connectivity index (χ0v) is 15.4. The maximum absolute atomic E-state index is 12.4. The average molecular weight is 388 g/mol. The molecule has 1 atom stereocenters. The lowest BCUT2D eigenvalue weighted by Gasteiger charge is -2.28. The number of benzene rings is 2. The smallest absolute Gasteiger partial charge is 0.252 e. The Morgan fingerprint density at radius 3 is 2.25 bits per heavy atom. The minimum absolute atomic E-state index is 0.366. The van der Waals surface area contributed by atoms with Crippen molar-refractivity contribution in [1.29, 1.82) is 0 Å². The summed E-state index contributed by atoms with van der Waals surface area (Å²) in [5, 5.41) is 5.76. The molecule has 7 heteroatoms. The third-order valence-electron chi connectivity index (χ3n) is 3.40.